The second-order valence-electron chi connectivity index (χ2n) is 7.23. The zero-order valence-corrected chi connectivity index (χ0v) is 18.2. The number of fused-ring (bicyclic) bond motifs is 1. The van der Waals surface area contributed by atoms with Gasteiger partial charge in [-0.25, -0.2) is 13.2 Å². The molecule has 2 aromatic rings. The van der Waals surface area contributed by atoms with Crippen molar-refractivity contribution >= 4 is 27.4 Å². The molecule has 1 heterocycles. The molecule has 7 nitrogen and oxygen atoms in total. The van der Waals surface area contributed by atoms with Crippen LogP contribution in [0.15, 0.2) is 41.3 Å². The summed E-state index contributed by atoms with van der Waals surface area (Å²) in [5, 5.41) is 0. The average Bonchev–Trinajstić information content (AvgIpc) is 3.15. The van der Waals surface area contributed by atoms with E-state index in [9.17, 15) is 31.2 Å². The van der Waals surface area contributed by atoms with Crippen LogP contribution in [0.25, 0.3) is 0 Å². The fourth-order valence-corrected chi connectivity index (χ4v) is 4.01. The molecule has 0 saturated heterocycles. The molecule has 11 heteroatoms. The van der Waals surface area contributed by atoms with E-state index in [-0.39, 0.29) is 22.6 Å². The van der Waals surface area contributed by atoms with Crippen molar-refractivity contribution in [3.8, 4) is 5.75 Å². The molecule has 3 rings (SSSR count). The van der Waals surface area contributed by atoms with Crippen LogP contribution in [0.2, 0.25) is 0 Å². The number of amides is 1. The zero-order valence-electron chi connectivity index (χ0n) is 17.4. The number of hydrogen-bond donors (Lipinski definition) is 0. The molecule has 1 aliphatic heterocycles. The fraction of sp³-hybridized carbons (Fsp3) is 0.333. The molecule has 1 amide bonds. The Morgan fingerprint density at radius 3 is 2.41 bits per heavy atom. The molecule has 0 radical (unpaired) electrons. The van der Waals surface area contributed by atoms with Crippen LogP contribution in [0.1, 0.15) is 33.2 Å². The first-order chi connectivity index (χ1) is 14.8. The van der Waals surface area contributed by atoms with E-state index in [0.717, 1.165) is 31.4 Å². The highest BCUT2D eigenvalue weighted by Crippen LogP contribution is 2.35. The van der Waals surface area contributed by atoms with Crippen LogP contribution in [0.3, 0.4) is 0 Å². The van der Waals surface area contributed by atoms with Crippen LogP contribution >= 0.6 is 0 Å². The lowest BCUT2D eigenvalue weighted by Crippen LogP contribution is -2.33. The van der Waals surface area contributed by atoms with E-state index >= 15 is 0 Å². The molecule has 0 aromatic heterocycles. The summed E-state index contributed by atoms with van der Waals surface area (Å²) in [5.74, 6) is -1.73. The van der Waals surface area contributed by atoms with Gasteiger partial charge in [-0.3, -0.25) is 4.79 Å². The van der Waals surface area contributed by atoms with E-state index in [1.165, 1.54) is 12.0 Å². The van der Waals surface area contributed by atoms with Crippen LogP contribution < -0.4 is 9.64 Å². The molecule has 0 spiro atoms. The van der Waals surface area contributed by atoms with Crippen molar-refractivity contribution in [3.63, 3.8) is 0 Å². The molecule has 172 valence electrons. The highest BCUT2D eigenvalue weighted by atomic mass is 32.2. The summed E-state index contributed by atoms with van der Waals surface area (Å²) >= 11 is 0. The highest BCUT2D eigenvalue weighted by Gasteiger charge is 2.39. The minimum Gasteiger partial charge on any atom is -0.480 e. The predicted molar refractivity (Wildman–Crippen MR) is 109 cm³/mol. The lowest BCUT2D eigenvalue weighted by molar-refractivity contribution is -0.189. The Labute approximate surface area is 182 Å². The van der Waals surface area contributed by atoms with Gasteiger partial charge in [-0.1, -0.05) is 6.07 Å². The van der Waals surface area contributed by atoms with E-state index < -0.39 is 39.7 Å². The summed E-state index contributed by atoms with van der Waals surface area (Å²) in [7, 11) is -2.52. The Morgan fingerprint density at radius 2 is 1.81 bits per heavy atom. The zero-order chi connectivity index (χ0) is 23.8. The number of methoxy groups -OCH3 is 1. The number of carbonyl (C=O) groups is 2. The van der Waals surface area contributed by atoms with E-state index in [0.29, 0.717) is 17.7 Å². The van der Waals surface area contributed by atoms with E-state index in [1.807, 2.05) is 0 Å². The summed E-state index contributed by atoms with van der Waals surface area (Å²) in [6.45, 7) is 0.923. The number of hydrogen-bond acceptors (Lipinski definition) is 6. The second-order valence-corrected chi connectivity index (χ2v) is 9.25. The number of nitrogens with zero attached hydrogens (tertiary/aromatic N) is 1. The topological polar surface area (TPSA) is 90.0 Å². The quantitative estimate of drug-likeness (QED) is 0.621. The Morgan fingerprint density at radius 1 is 1.12 bits per heavy atom. The van der Waals surface area contributed by atoms with Crippen molar-refractivity contribution in [1.82, 2.24) is 0 Å². The number of carbonyl (C=O) groups excluding carboxylic acids is 2. The van der Waals surface area contributed by atoms with Crippen molar-refractivity contribution in [2.75, 3.05) is 24.8 Å². The third-order valence-electron chi connectivity index (χ3n) is 5.05. The highest BCUT2D eigenvalue weighted by molar-refractivity contribution is 7.90. The van der Waals surface area contributed by atoms with E-state index in [1.54, 1.807) is 18.2 Å². The van der Waals surface area contributed by atoms with Crippen LogP contribution in [0, 0.1) is 0 Å². The lowest BCUT2D eigenvalue weighted by atomic mass is 10.1. The molecule has 1 aliphatic rings. The Kier molecular flexibility index (Phi) is 6.23. The molecule has 0 unspecified atom stereocenters. The van der Waals surface area contributed by atoms with Crippen molar-refractivity contribution in [3.05, 3.63) is 53.1 Å². The molecule has 0 N–H and O–H groups in total. The van der Waals surface area contributed by atoms with Gasteiger partial charge >= 0.3 is 12.1 Å². The van der Waals surface area contributed by atoms with Crippen LogP contribution in [-0.2, 0) is 21.0 Å². The van der Waals surface area contributed by atoms with Gasteiger partial charge in [-0.2, -0.15) is 13.2 Å². The largest absolute Gasteiger partial charge is 0.480 e. The number of rotatable bonds is 5. The number of esters is 1. The maximum absolute atomic E-state index is 13.3. The van der Waals surface area contributed by atoms with Crippen LogP contribution in [0.5, 0.6) is 5.75 Å². The van der Waals surface area contributed by atoms with Crippen molar-refractivity contribution in [2.45, 2.75) is 30.5 Å². The van der Waals surface area contributed by atoms with Gasteiger partial charge in [0.25, 0.3) is 5.91 Å². The third-order valence-corrected chi connectivity index (χ3v) is 6.16. The summed E-state index contributed by atoms with van der Waals surface area (Å²) in [6, 6.07) is 7.80. The van der Waals surface area contributed by atoms with Gasteiger partial charge < -0.3 is 14.4 Å². The summed E-state index contributed by atoms with van der Waals surface area (Å²) in [4.78, 5) is 26.4. The normalized spacial score (nSPS) is 14.6. The number of anilines is 1. The minimum atomic E-state index is -4.69. The first-order valence-corrected chi connectivity index (χ1v) is 11.3. The molecule has 2 aromatic carbocycles. The Balaban J connectivity index is 2.07. The van der Waals surface area contributed by atoms with Gasteiger partial charge in [0, 0.05) is 18.5 Å². The van der Waals surface area contributed by atoms with Crippen LogP contribution in [0.4, 0.5) is 18.9 Å². The molecule has 0 bridgehead atoms. The summed E-state index contributed by atoms with van der Waals surface area (Å²) in [5.41, 5.74) is 0.878. The average molecular weight is 471 g/mol. The molecule has 0 fully saturated rings. The lowest BCUT2D eigenvalue weighted by Gasteiger charge is -2.23. The van der Waals surface area contributed by atoms with E-state index in [4.69, 9.17) is 9.47 Å². The van der Waals surface area contributed by atoms with Gasteiger partial charge in [0.1, 0.15) is 5.75 Å². The summed E-state index contributed by atoms with van der Waals surface area (Å²) < 4.78 is 72.8. The van der Waals surface area contributed by atoms with Gasteiger partial charge in [0.05, 0.1) is 23.1 Å². The van der Waals surface area contributed by atoms with Crippen molar-refractivity contribution < 1.29 is 40.7 Å². The van der Waals surface area contributed by atoms with E-state index in [2.05, 4.69) is 0 Å². The molecular weight excluding hydrogens is 451 g/mol. The molecule has 0 saturated carbocycles. The maximum Gasteiger partial charge on any atom is 0.425 e. The van der Waals surface area contributed by atoms with Gasteiger partial charge in [0.2, 0.25) is 0 Å². The second kappa shape index (κ2) is 8.45. The van der Waals surface area contributed by atoms with Crippen LogP contribution in [-0.4, -0.2) is 52.5 Å². The number of alkyl halides is 3. The first-order valence-electron chi connectivity index (χ1n) is 9.44. The number of ether oxygens (including phenoxy) is 2. The molecular formula is C21H20F3NO6S. The molecule has 32 heavy (non-hydrogen) atoms. The van der Waals surface area contributed by atoms with Gasteiger partial charge in [0.15, 0.2) is 15.9 Å². The standard InChI is InChI=1S/C21H20F3NO6S/c1-12(21(22,23)24)31-18-8-7-13(32(3,28)29)11-16(18)19(26)25-10-9-14-15(20(27)30-2)5-4-6-17(14)25/h4-8,11-12H,9-10H2,1-3H3/t12-/m0/s1. The first kappa shape index (κ1) is 23.6. The van der Waals surface area contributed by atoms with Gasteiger partial charge in [-0.05, 0) is 49.2 Å². The number of sulfone groups is 1. The minimum absolute atomic E-state index is 0.138. The monoisotopic (exact) mass is 471 g/mol. The third kappa shape index (κ3) is 4.57. The number of benzene rings is 2. The van der Waals surface area contributed by atoms with Gasteiger partial charge in [-0.15, -0.1) is 0 Å². The maximum atomic E-state index is 13.3. The predicted octanol–water partition coefficient (Wildman–Crippen LogP) is 3.41. The molecule has 0 aliphatic carbocycles. The smallest absolute Gasteiger partial charge is 0.425 e. The van der Waals surface area contributed by atoms with Crippen molar-refractivity contribution in [1.29, 1.82) is 0 Å². The molecule has 1 atom stereocenters. The summed E-state index contributed by atoms with van der Waals surface area (Å²) in [6.07, 6.45) is -5.68. The number of halogens is 3. The Hall–Kier alpha value is -3.08. The fourth-order valence-electron chi connectivity index (χ4n) is 3.36. The Bertz CT molecular complexity index is 1180. The van der Waals surface area contributed by atoms with Crippen molar-refractivity contribution in [2.24, 2.45) is 0 Å². The SMILES string of the molecule is COC(=O)c1cccc2c1CCN2C(=O)c1cc(S(C)(=O)=O)ccc1O[C@@H](C)C(F)(F)F.